The van der Waals surface area contributed by atoms with Gasteiger partial charge < -0.3 is 10.6 Å². The lowest BCUT2D eigenvalue weighted by Crippen LogP contribution is -2.57. The zero-order valence-corrected chi connectivity index (χ0v) is 12.6. The van der Waals surface area contributed by atoms with Gasteiger partial charge in [0.2, 0.25) is 0 Å². The molecule has 0 radical (unpaired) electrons. The second-order valence-electron chi connectivity index (χ2n) is 5.19. The van der Waals surface area contributed by atoms with Gasteiger partial charge in [-0.1, -0.05) is 0 Å². The fourth-order valence-corrected chi connectivity index (χ4v) is 2.80. The molecule has 0 saturated carbocycles. The van der Waals surface area contributed by atoms with E-state index in [0.29, 0.717) is 12.1 Å². The van der Waals surface area contributed by atoms with E-state index in [2.05, 4.69) is 29.4 Å². The van der Waals surface area contributed by atoms with E-state index in [-0.39, 0.29) is 24.8 Å². The molecule has 3 unspecified atom stereocenters. The third kappa shape index (κ3) is 4.92. The van der Waals surface area contributed by atoms with Crippen LogP contribution in [0.15, 0.2) is 0 Å². The lowest BCUT2D eigenvalue weighted by Gasteiger charge is -2.41. The Kier molecular flexibility index (Phi) is 8.77. The van der Waals surface area contributed by atoms with E-state index >= 15 is 0 Å². The number of halogens is 2. The van der Waals surface area contributed by atoms with Crippen molar-refractivity contribution in [3.8, 4) is 0 Å². The van der Waals surface area contributed by atoms with Crippen LogP contribution in [0.1, 0.15) is 26.7 Å². The summed E-state index contributed by atoms with van der Waals surface area (Å²) in [5.41, 5.74) is 0. The van der Waals surface area contributed by atoms with E-state index in [4.69, 9.17) is 0 Å². The first-order valence-electron chi connectivity index (χ1n) is 6.45. The summed E-state index contributed by atoms with van der Waals surface area (Å²) in [7, 11) is 0. The van der Waals surface area contributed by atoms with E-state index in [1.165, 1.54) is 39.0 Å². The summed E-state index contributed by atoms with van der Waals surface area (Å²) >= 11 is 0. The summed E-state index contributed by atoms with van der Waals surface area (Å²) in [6.07, 6.45) is 2.78. The first-order chi connectivity index (χ1) is 7.27. The molecule has 0 amide bonds. The monoisotopic (exact) mass is 283 g/mol. The number of hydrogen-bond acceptors (Lipinski definition) is 3. The van der Waals surface area contributed by atoms with Crippen LogP contribution in [0, 0.1) is 5.92 Å². The van der Waals surface area contributed by atoms with Crippen LogP contribution in [0.2, 0.25) is 0 Å². The summed E-state index contributed by atoms with van der Waals surface area (Å²) < 4.78 is 0. The third-order valence-corrected chi connectivity index (χ3v) is 4.06. The molecule has 2 rings (SSSR count). The molecule has 104 valence electrons. The van der Waals surface area contributed by atoms with Gasteiger partial charge in [-0.3, -0.25) is 4.90 Å². The van der Waals surface area contributed by atoms with Gasteiger partial charge >= 0.3 is 0 Å². The Bertz CT molecular complexity index is 198. The Hall–Kier alpha value is 0.460. The summed E-state index contributed by atoms with van der Waals surface area (Å²) in [6, 6.07) is 1.34. The highest BCUT2D eigenvalue weighted by molar-refractivity contribution is 5.85. The molecule has 2 saturated heterocycles. The van der Waals surface area contributed by atoms with Crippen LogP contribution in [0.5, 0.6) is 0 Å². The van der Waals surface area contributed by atoms with Gasteiger partial charge in [0.25, 0.3) is 0 Å². The molecule has 3 nitrogen and oxygen atoms in total. The average Bonchev–Trinajstić information content (AvgIpc) is 2.26. The highest BCUT2D eigenvalue weighted by Crippen LogP contribution is 2.16. The van der Waals surface area contributed by atoms with Crippen LogP contribution in [0.25, 0.3) is 0 Å². The highest BCUT2D eigenvalue weighted by Gasteiger charge is 2.26. The van der Waals surface area contributed by atoms with Crippen molar-refractivity contribution in [3.63, 3.8) is 0 Å². The molecule has 2 aliphatic heterocycles. The second kappa shape index (κ2) is 8.54. The van der Waals surface area contributed by atoms with Crippen molar-refractivity contribution in [1.82, 2.24) is 15.5 Å². The average molecular weight is 284 g/mol. The maximum absolute atomic E-state index is 3.54. The molecule has 0 aliphatic carbocycles. The normalized spacial score (nSPS) is 34.6. The van der Waals surface area contributed by atoms with Gasteiger partial charge in [0.1, 0.15) is 0 Å². The van der Waals surface area contributed by atoms with Crippen LogP contribution in [0.4, 0.5) is 0 Å². The van der Waals surface area contributed by atoms with Crippen molar-refractivity contribution in [1.29, 1.82) is 0 Å². The molecule has 2 heterocycles. The second-order valence-corrected chi connectivity index (χ2v) is 5.19. The Morgan fingerprint density at radius 2 is 1.94 bits per heavy atom. The van der Waals surface area contributed by atoms with Crippen LogP contribution >= 0.6 is 24.8 Å². The third-order valence-electron chi connectivity index (χ3n) is 4.06. The Labute approximate surface area is 118 Å². The predicted molar refractivity (Wildman–Crippen MR) is 78.6 cm³/mol. The van der Waals surface area contributed by atoms with Crippen molar-refractivity contribution in [2.45, 2.75) is 38.8 Å². The van der Waals surface area contributed by atoms with Crippen molar-refractivity contribution in [2.75, 3.05) is 32.7 Å². The Morgan fingerprint density at radius 1 is 1.18 bits per heavy atom. The molecule has 17 heavy (non-hydrogen) atoms. The number of rotatable bonds is 2. The molecule has 3 atom stereocenters. The van der Waals surface area contributed by atoms with Gasteiger partial charge in [-0.2, -0.15) is 0 Å². The number of piperidine rings is 1. The minimum atomic E-state index is 0. The summed E-state index contributed by atoms with van der Waals surface area (Å²) in [5, 5.41) is 7.05. The number of piperazine rings is 1. The minimum Gasteiger partial charge on any atom is -0.316 e. The van der Waals surface area contributed by atoms with Crippen molar-refractivity contribution >= 4 is 24.8 Å². The molecular weight excluding hydrogens is 257 g/mol. The SMILES string of the molecule is CC1NCCN(CC2CCCNC2)C1C.Cl.Cl. The Morgan fingerprint density at radius 3 is 2.59 bits per heavy atom. The van der Waals surface area contributed by atoms with Gasteiger partial charge in [-0.15, -0.1) is 24.8 Å². The summed E-state index contributed by atoms with van der Waals surface area (Å²) in [6.45, 7) is 10.8. The zero-order chi connectivity index (χ0) is 10.7. The lowest BCUT2D eigenvalue weighted by molar-refractivity contribution is 0.110. The van der Waals surface area contributed by atoms with Crippen LogP contribution < -0.4 is 10.6 Å². The number of hydrogen-bond donors (Lipinski definition) is 2. The largest absolute Gasteiger partial charge is 0.316 e. The molecular formula is C12H27Cl2N3. The van der Waals surface area contributed by atoms with E-state index in [9.17, 15) is 0 Å². The van der Waals surface area contributed by atoms with Crippen molar-refractivity contribution in [2.24, 2.45) is 5.92 Å². The molecule has 0 aromatic heterocycles. The molecule has 0 aromatic rings. The first-order valence-corrected chi connectivity index (χ1v) is 6.45. The summed E-state index contributed by atoms with van der Waals surface area (Å²) in [5.74, 6) is 0.881. The van der Waals surface area contributed by atoms with E-state index < -0.39 is 0 Å². The van der Waals surface area contributed by atoms with Gasteiger partial charge in [-0.05, 0) is 45.7 Å². The quantitative estimate of drug-likeness (QED) is 0.805. The van der Waals surface area contributed by atoms with Gasteiger partial charge in [0.15, 0.2) is 0 Å². The maximum Gasteiger partial charge on any atom is 0.0219 e. The van der Waals surface area contributed by atoms with Crippen LogP contribution in [-0.4, -0.2) is 49.7 Å². The number of nitrogens with zero attached hydrogens (tertiary/aromatic N) is 1. The fourth-order valence-electron chi connectivity index (χ4n) is 2.80. The molecule has 0 spiro atoms. The van der Waals surface area contributed by atoms with Gasteiger partial charge in [0, 0.05) is 31.7 Å². The van der Waals surface area contributed by atoms with Crippen LogP contribution in [-0.2, 0) is 0 Å². The summed E-state index contributed by atoms with van der Waals surface area (Å²) in [4.78, 5) is 2.67. The molecule has 0 bridgehead atoms. The predicted octanol–water partition coefficient (Wildman–Crippen LogP) is 1.51. The lowest BCUT2D eigenvalue weighted by atomic mass is 9.97. The van der Waals surface area contributed by atoms with Crippen LogP contribution in [0.3, 0.4) is 0 Å². The molecule has 0 aromatic carbocycles. The van der Waals surface area contributed by atoms with Crippen molar-refractivity contribution < 1.29 is 0 Å². The zero-order valence-electron chi connectivity index (χ0n) is 10.9. The fraction of sp³-hybridized carbons (Fsp3) is 1.00. The first kappa shape index (κ1) is 17.5. The van der Waals surface area contributed by atoms with Gasteiger partial charge in [0.05, 0.1) is 0 Å². The molecule has 2 N–H and O–H groups in total. The smallest absolute Gasteiger partial charge is 0.0219 e. The van der Waals surface area contributed by atoms with Gasteiger partial charge in [-0.25, -0.2) is 0 Å². The molecule has 5 heteroatoms. The minimum absolute atomic E-state index is 0. The van der Waals surface area contributed by atoms with E-state index in [1.807, 2.05) is 0 Å². The number of nitrogens with one attached hydrogen (secondary N) is 2. The topological polar surface area (TPSA) is 27.3 Å². The highest BCUT2D eigenvalue weighted by atomic mass is 35.5. The molecule has 2 fully saturated rings. The maximum atomic E-state index is 3.54. The molecule has 2 aliphatic rings. The van der Waals surface area contributed by atoms with E-state index in [0.717, 1.165) is 12.5 Å². The Balaban J connectivity index is 0.00000128. The van der Waals surface area contributed by atoms with Crippen molar-refractivity contribution in [3.05, 3.63) is 0 Å². The standard InChI is InChI=1S/C12H25N3.2ClH/c1-10-11(2)15(7-6-14-10)9-12-4-3-5-13-8-12;;/h10-14H,3-9H2,1-2H3;2*1H. The van der Waals surface area contributed by atoms with E-state index in [1.54, 1.807) is 0 Å².